The summed E-state index contributed by atoms with van der Waals surface area (Å²) >= 11 is -2.69. The summed E-state index contributed by atoms with van der Waals surface area (Å²) in [6, 6.07) is 11.2. The summed E-state index contributed by atoms with van der Waals surface area (Å²) in [5.74, 6) is 1.00. The minimum absolute atomic E-state index is 0.00537. The van der Waals surface area contributed by atoms with Crippen LogP contribution in [-0.2, 0) is 27.2 Å². The van der Waals surface area contributed by atoms with Crippen molar-refractivity contribution in [3.63, 3.8) is 0 Å². The number of unbranched alkanes of at least 4 members (excludes halogenated alkanes) is 3. The van der Waals surface area contributed by atoms with Crippen molar-refractivity contribution in [2.24, 2.45) is 0 Å². The summed E-state index contributed by atoms with van der Waals surface area (Å²) in [4.78, 5) is 26.7. The monoisotopic (exact) mass is 734 g/mol. The van der Waals surface area contributed by atoms with Crippen LogP contribution < -0.4 is 11.2 Å². The summed E-state index contributed by atoms with van der Waals surface area (Å²) in [7, 11) is -2.19. The van der Waals surface area contributed by atoms with E-state index in [1.165, 1.54) is 57.9 Å². The zero-order valence-corrected chi connectivity index (χ0v) is 32.5. The molecule has 0 N–H and O–H groups in total. The van der Waals surface area contributed by atoms with Gasteiger partial charge in [-0.05, 0) is 0 Å². The summed E-state index contributed by atoms with van der Waals surface area (Å²) in [6.07, 6.45) is 8.76. The van der Waals surface area contributed by atoms with Gasteiger partial charge in [-0.3, -0.25) is 0 Å². The van der Waals surface area contributed by atoms with Crippen LogP contribution in [0.5, 0.6) is 0 Å². The average Bonchev–Trinajstić information content (AvgIpc) is 3.35. The van der Waals surface area contributed by atoms with E-state index in [0.717, 1.165) is 15.9 Å². The van der Waals surface area contributed by atoms with Gasteiger partial charge in [0.15, 0.2) is 0 Å². The molecule has 0 aliphatic carbocycles. The van der Waals surface area contributed by atoms with Crippen LogP contribution in [-0.4, -0.2) is 41.9 Å². The zero-order chi connectivity index (χ0) is 32.4. The van der Waals surface area contributed by atoms with Gasteiger partial charge in [0.2, 0.25) is 0 Å². The first-order valence-corrected chi connectivity index (χ1v) is 27.5. The van der Waals surface area contributed by atoms with Crippen LogP contribution in [0.25, 0.3) is 0 Å². The second-order valence-corrected chi connectivity index (χ2v) is 31.8. The Kier molecular flexibility index (Phi) is 14.1. The molecule has 0 unspecified atom stereocenters. The van der Waals surface area contributed by atoms with Crippen molar-refractivity contribution >= 4 is 26.7 Å². The van der Waals surface area contributed by atoms with Crippen molar-refractivity contribution in [1.82, 2.24) is 9.13 Å². The standard InChI is InChI=1S/C23H31N2O5Si.3C4H9.Sn/c1-17-14-19(30-31(5,6)23(2,3)4)21(29-17)24-13-12-20(26)25(22(24)27)16-28-15-18-10-8-7-9-11-18;3*1-3-4-2;/h1,7-13,19,21H,14-16H2,2-6H3;3*1,3-4H2,2H3;/t19-,21-;;;;/m1..../s1. The number of rotatable bonds is 17. The summed E-state index contributed by atoms with van der Waals surface area (Å²) in [5, 5.41) is 0.00537. The molecule has 1 aromatic heterocycles. The van der Waals surface area contributed by atoms with E-state index in [2.05, 4.69) is 58.7 Å². The van der Waals surface area contributed by atoms with Crippen LogP contribution in [0.1, 0.15) is 98.3 Å². The Morgan fingerprint density at radius 3 is 2.09 bits per heavy atom. The molecule has 246 valence electrons. The SMILES string of the molecule is CCC[CH2][Sn](/[CH]=C1/C[C@@H](O[Si](C)(C)C(C)(C)C)[C@H](n2ccc(=O)n(COCc3ccccc3)c2=O)O1)([CH2]CCC)[CH2]CCC. The number of hydrogen-bond acceptors (Lipinski definition) is 5. The number of hydrogen-bond donors (Lipinski definition) is 0. The number of ether oxygens (including phenoxy) is 2. The molecule has 1 fully saturated rings. The van der Waals surface area contributed by atoms with Crippen molar-refractivity contribution in [1.29, 1.82) is 0 Å². The predicted octanol–water partition coefficient (Wildman–Crippen LogP) is 8.77. The van der Waals surface area contributed by atoms with E-state index in [-0.39, 0.29) is 23.4 Å². The third kappa shape index (κ3) is 9.94. The fourth-order valence-corrected chi connectivity index (χ4v) is 22.0. The molecule has 0 saturated carbocycles. The summed E-state index contributed by atoms with van der Waals surface area (Å²) in [5.41, 5.74) is 0.166. The normalized spacial score (nSPS) is 18.6. The van der Waals surface area contributed by atoms with Crippen LogP contribution in [0.15, 0.2) is 62.0 Å². The van der Waals surface area contributed by atoms with Crippen molar-refractivity contribution < 1.29 is 13.9 Å². The molecule has 1 aromatic carbocycles. The molecule has 2 aromatic rings. The first kappa shape index (κ1) is 36.8. The van der Waals surface area contributed by atoms with E-state index >= 15 is 0 Å². The number of benzene rings is 1. The summed E-state index contributed by atoms with van der Waals surface area (Å²) < 4.78 is 29.0. The molecule has 44 heavy (non-hydrogen) atoms. The molecule has 0 bridgehead atoms. The van der Waals surface area contributed by atoms with Crippen molar-refractivity contribution in [2.75, 3.05) is 0 Å². The fourth-order valence-electron chi connectivity index (χ4n) is 5.75. The molecular formula is C35H58N2O5SiSn. The van der Waals surface area contributed by atoms with Crippen LogP contribution in [0, 0.1) is 0 Å². The molecule has 2 heterocycles. The van der Waals surface area contributed by atoms with Crippen LogP contribution in [0.3, 0.4) is 0 Å². The van der Waals surface area contributed by atoms with Crippen molar-refractivity contribution in [3.05, 3.63) is 78.8 Å². The van der Waals surface area contributed by atoms with Crippen LogP contribution in [0.4, 0.5) is 0 Å². The van der Waals surface area contributed by atoms with E-state index in [1.807, 2.05) is 30.3 Å². The third-order valence-electron chi connectivity index (χ3n) is 9.50. The van der Waals surface area contributed by atoms with Gasteiger partial charge in [-0.2, -0.15) is 0 Å². The number of nitrogens with zero attached hydrogens (tertiary/aromatic N) is 2. The van der Waals surface area contributed by atoms with E-state index < -0.39 is 38.6 Å². The Bertz CT molecular complexity index is 1290. The minimum atomic E-state index is -2.69. The van der Waals surface area contributed by atoms with Crippen molar-refractivity contribution in [3.8, 4) is 0 Å². The van der Waals surface area contributed by atoms with Crippen molar-refractivity contribution in [2.45, 2.75) is 144 Å². The molecule has 0 amide bonds. The maximum atomic E-state index is 13.9. The molecule has 3 rings (SSSR count). The molecular weight excluding hydrogens is 675 g/mol. The van der Waals surface area contributed by atoms with Gasteiger partial charge in [0.05, 0.1) is 0 Å². The quantitative estimate of drug-likeness (QED) is 0.152. The molecule has 0 radical (unpaired) electrons. The molecule has 7 nitrogen and oxygen atoms in total. The third-order valence-corrected chi connectivity index (χ3v) is 28.2. The van der Waals surface area contributed by atoms with E-state index in [9.17, 15) is 9.59 Å². The van der Waals surface area contributed by atoms with Gasteiger partial charge in [0.1, 0.15) is 0 Å². The Morgan fingerprint density at radius 2 is 1.55 bits per heavy atom. The van der Waals surface area contributed by atoms with Gasteiger partial charge in [-0.25, -0.2) is 0 Å². The molecule has 1 aliphatic rings. The second kappa shape index (κ2) is 16.8. The first-order chi connectivity index (χ1) is 20.9. The zero-order valence-electron chi connectivity index (χ0n) is 28.7. The van der Waals surface area contributed by atoms with Gasteiger partial charge < -0.3 is 0 Å². The number of aromatic nitrogens is 2. The van der Waals surface area contributed by atoms with Gasteiger partial charge in [0.25, 0.3) is 0 Å². The molecule has 9 heteroatoms. The van der Waals surface area contributed by atoms with E-state index in [1.54, 1.807) is 10.8 Å². The molecule has 1 aliphatic heterocycles. The fraction of sp³-hybridized carbons (Fsp3) is 0.657. The van der Waals surface area contributed by atoms with E-state index in [4.69, 9.17) is 13.9 Å². The molecule has 0 spiro atoms. The Balaban J connectivity index is 2.01. The Hall–Kier alpha value is -1.62. The topological polar surface area (TPSA) is 71.7 Å². The Morgan fingerprint density at radius 1 is 0.955 bits per heavy atom. The molecule has 2 atom stereocenters. The predicted molar refractivity (Wildman–Crippen MR) is 186 cm³/mol. The average molecular weight is 734 g/mol. The Labute approximate surface area is 271 Å². The van der Waals surface area contributed by atoms with Gasteiger partial charge in [-0.15, -0.1) is 0 Å². The summed E-state index contributed by atoms with van der Waals surface area (Å²) in [6.45, 7) is 18.3. The second-order valence-electron chi connectivity index (χ2n) is 14.1. The van der Waals surface area contributed by atoms with Gasteiger partial charge >= 0.3 is 254 Å². The van der Waals surface area contributed by atoms with Gasteiger partial charge in [-0.1, -0.05) is 18.2 Å². The molecule has 1 saturated heterocycles. The van der Waals surface area contributed by atoms with Crippen LogP contribution in [0.2, 0.25) is 31.4 Å². The maximum absolute atomic E-state index is 13.9. The van der Waals surface area contributed by atoms with E-state index in [0.29, 0.717) is 13.0 Å². The first-order valence-electron chi connectivity index (χ1n) is 16.9. The van der Waals surface area contributed by atoms with Gasteiger partial charge in [0, 0.05) is 0 Å². The van der Waals surface area contributed by atoms with Crippen LogP contribution >= 0.6 is 0 Å².